The number of methoxy groups -OCH3 is 1. The zero-order valence-electron chi connectivity index (χ0n) is 8.71. The number of nitrogens with zero attached hydrogens (tertiary/aromatic N) is 2. The molecule has 0 aliphatic heterocycles. The average Bonchev–Trinajstić information content (AvgIpc) is 2.70. The van der Waals surface area contributed by atoms with Gasteiger partial charge in [-0.3, -0.25) is 4.79 Å². The van der Waals surface area contributed by atoms with Gasteiger partial charge in [0.25, 0.3) is 5.22 Å². The highest BCUT2D eigenvalue weighted by atomic mass is 32.2. The van der Waals surface area contributed by atoms with Crippen molar-refractivity contribution in [2.45, 2.75) is 11.8 Å². The lowest BCUT2D eigenvalue weighted by Crippen LogP contribution is -2.01. The van der Waals surface area contributed by atoms with Gasteiger partial charge < -0.3 is 19.0 Å². The van der Waals surface area contributed by atoms with Gasteiger partial charge in [0.1, 0.15) is 12.4 Å². The van der Waals surface area contributed by atoms with E-state index in [1.807, 2.05) is 0 Å². The molecule has 0 saturated carbocycles. The molecule has 16 heavy (non-hydrogen) atoms. The maximum atomic E-state index is 10.3. The molecule has 0 unspecified atom stereocenters. The van der Waals surface area contributed by atoms with Crippen LogP contribution in [0.25, 0.3) is 0 Å². The van der Waals surface area contributed by atoms with Gasteiger partial charge in [0.05, 0.1) is 13.2 Å². The summed E-state index contributed by atoms with van der Waals surface area (Å²) in [6.45, 7) is 1.13. The summed E-state index contributed by atoms with van der Waals surface area (Å²) in [5.74, 6) is -0.711. The van der Waals surface area contributed by atoms with Gasteiger partial charge in [0.15, 0.2) is 0 Å². The van der Waals surface area contributed by atoms with E-state index >= 15 is 0 Å². The Labute approximate surface area is 96.1 Å². The van der Waals surface area contributed by atoms with Crippen LogP contribution in [-0.4, -0.2) is 47.3 Å². The zero-order valence-corrected chi connectivity index (χ0v) is 9.53. The van der Waals surface area contributed by atoms with Gasteiger partial charge in [-0.25, -0.2) is 0 Å². The minimum Gasteiger partial charge on any atom is -0.481 e. The molecular weight excluding hydrogens is 236 g/mol. The van der Waals surface area contributed by atoms with E-state index < -0.39 is 5.97 Å². The summed E-state index contributed by atoms with van der Waals surface area (Å²) in [5, 5.41) is 16.0. The van der Waals surface area contributed by atoms with E-state index in [1.165, 1.54) is 0 Å². The van der Waals surface area contributed by atoms with E-state index in [4.69, 9.17) is 19.0 Å². The number of aromatic nitrogens is 2. The number of carbonyl (C=O) groups is 1. The Bertz CT molecular complexity index is 330. The third kappa shape index (κ3) is 5.10. The summed E-state index contributed by atoms with van der Waals surface area (Å²) in [7, 11) is 1.58. The molecule has 0 radical (unpaired) electrons. The summed E-state index contributed by atoms with van der Waals surface area (Å²) in [6.07, 6.45) is 0. The predicted octanol–water partition coefficient (Wildman–Crippen LogP) is 0.409. The second kappa shape index (κ2) is 7.20. The first kappa shape index (κ1) is 12.9. The Morgan fingerprint density at radius 2 is 2.31 bits per heavy atom. The van der Waals surface area contributed by atoms with E-state index in [9.17, 15) is 4.79 Å². The fraction of sp³-hybridized carbons (Fsp3) is 0.625. The molecule has 0 atom stereocenters. The van der Waals surface area contributed by atoms with Gasteiger partial charge in [-0.15, -0.1) is 10.2 Å². The van der Waals surface area contributed by atoms with Gasteiger partial charge in [0, 0.05) is 7.11 Å². The molecule has 0 fully saturated rings. The van der Waals surface area contributed by atoms with Gasteiger partial charge in [-0.2, -0.15) is 0 Å². The van der Waals surface area contributed by atoms with E-state index in [0.29, 0.717) is 19.1 Å². The second-order valence-corrected chi connectivity index (χ2v) is 3.62. The molecule has 90 valence electrons. The number of rotatable bonds is 8. The van der Waals surface area contributed by atoms with Crippen molar-refractivity contribution >= 4 is 17.7 Å². The number of hydrogen-bond donors (Lipinski definition) is 1. The van der Waals surface area contributed by atoms with Crippen LogP contribution < -0.4 is 0 Å². The van der Waals surface area contributed by atoms with Crippen LogP contribution in [0.3, 0.4) is 0 Å². The largest absolute Gasteiger partial charge is 0.481 e. The summed E-state index contributed by atoms with van der Waals surface area (Å²) in [4.78, 5) is 10.3. The first-order chi connectivity index (χ1) is 7.72. The third-order valence-corrected chi connectivity index (χ3v) is 2.23. The van der Waals surface area contributed by atoms with Crippen molar-refractivity contribution in [2.75, 3.05) is 26.1 Å². The fourth-order valence-corrected chi connectivity index (χ4v) is 1.28. The third-order valence-electron chi connectivity index (χ3n) is 1.42. The van der Waals surface area contributed by atoms with Gasteiger partial charge in [0.2, 0.25) is 5.89 Å². The zero-order chi connectivity index (χ0) is 11.8. The second-order valence-electron chi connectivity index (χ2n) is 2.69. The van der Waals surface area contributed by atoms with E-state index in [1.54, 1.807) is 7.11 Å². The lowest BCUT2D eigenvalue weighted by Gasteiger charge is -1.98. The smallest absolute Gasteiger partial charge is 0.314 e. The van der Waals surface area contributed by atoms with Crippen LogP contribution in [0.5, 0.6) is 0 Å². The summed E-state index contributed by atoms with van der Waals surface area (Å²) in [6, 6.07) is 0. The number of thioether (sulfide) groups is 1. The van der Waals surface area contributed by atoms with Crippen molar-refractivity contribution in [3.05, 3.63) is 5.89 Å². The number of carboxylic acid groups (broad SMARTS) is 1. The SMILES string of the molecule is COCCOCc1nnc(SCC(=O)O)o1. The van der Waals surface area contributed by atoms with Gasteiger partial charge >= 0.3 is 5.97 Å². The van der Waals surface area contributed by atoms with Crippen molar-refractivity contribution in [1.82, 2.24) is 10.2 Å². The molecule has 0 bridgehead atoms. The average molecular weight is 248 g/mol. The van der Waals surface area contributed by atoms with Gasteiger partial charge in [-0.05, 0) is 0 Å². The standard InChI is InChI=1S/C8H12N2O5S/c1-13-2-3-14-4-6-9-10-8(15-6)16-5-7(11)12/h2-5H2,1H3,(H,11,12). The Balaban J connectivity index is 2.25. The van der Waals surface area contributed by atoms with E-state index in [2.05, 4.69) is 10.2 Å². The maximum absolute atomic E-state index is 10.3. The van der Waals surface area contributed by atoms with Crippen molar-refractivity contribution < 1.29 is 23.8 Å². The summed E-state index contributed by atoms with van der Waals surface area (Å²) < 4.78 is 15.1. The van der Waals surface area contributed by atoms with Crippen molar-refractivity contribution in [2.24, 2.45) is 0 Å². The van der Waals surface area contributed by atoms with Crippen LogP contribution in [0.15, 0.2) is 9.64 Å². The molecule has 1 aromatic heterocycles. The molecule has 0 aliphatic carbocycles. The highest BCUT2D eigenvalue weighted by molar-refractivity contribution is 7.99. The van der Waals surface area contributed by atoms with Crippen LogP contribution in [0, 0.1) is 0 Å². The number of hydrogen-bond acceptors (Lipinski definition) is 7. The van der Waals surface area contributed by atoms with Crippen LogP contribution in [-0.2, 0) is 20.9 Å². The molecule has 1 aromatic rings. The monoisotopic (exact) mass is 248 g/mol. The Kier molecular flexibility index (Phi) is 5.83. The molecule has 0 aliphatic rings. The lowest BCUT2D eigenvalue weighted by atomic mass is 10.7. The molecule has 0 saturated heterocycles. The minimum atomic E-state index is -0.930. The fourth-order valence-electron chi connectivity index (χ4n) is 0.780. The molecule has 0 amide bonds. The quantitative estimate of drug-likeness (QED) is 0.522. The minimum absolute atomic E-state index is 0.105. The van der Waals surface area contributed by atoms with Gasteiger partial charge in [-0.1, -0.05) is 11.8 Å². The molecule has 0 spiro atoms. The van der Waals surface area contributed by atoms with E-state index in [0.717, 1.165) is 11.8 Å². The summed E-state index contributed by atoms with van der Waals surface area (Å²) >= 11 is 0.973. The van der Waals surface area contributed by atoms with Crippen molar-refractivity contribution in [3.63, 3.8) is 0 Å². The highest BCUT2D eigenvalue weighted by Gasteiger charge is 2.08. The van der Waals surface area contributed by atoms with Crippen LogP contribution >= 0.6 is 11.8 Å². The summed E-state index contributed by atoms with van der Waals surface area (Å²) in [5.41, 5.74) is 0. The maximum Gasteiger partial charge on any atom is 0.314 e. The van der Waals surface area contributed by atoms with Crippen LogP contribution in [0.4, 0.5) is 0 Å². The number of carboxylic acids is 1. The molecular formula is C8H12N2O5S. The predicted molar refractivity (Wildman–Crippen MR) is 54.2 cm³/mol. The van der Waals surface area contributed by atoms with Crippen LogP contribution in [0.2, 0.25) is 0 Å². The highest BCUT2D eigenvalue weighted by Crippen LogP contribution is 2.15. The first-order valence-corrected chi connectivity index (χ1v) is 5.44. The topological polar surface area (TPSA) is 94.7 Å². The lowest BCUT2D eigenvalue weighted by molar-refractivity contribution is -0.133. The Hall–Kier alpha value is -1.12. The molecule has 1 N–H and O–H groups in total. The van der Waals surface area contributed by atoms with E-state index in [-0.39, 0.29) is 17.6 Å². The first-order valence-electron chi connectivity index (χ1n) is 4.46. The molecule has 7 nitrogen and oxygen atoms in total. The van der Waals surface area contributed by atoms with Crippen molar-refractivity contribution in [1.29, 1.82) is 0 Å². The van der Waals surface area contributed by atoms with Crippen LogP contribution in [0.1, 0.15) is 5.89 Å². The number of ether oxygens (including phenoxy) is 2. The molecule has 8 heteroatoms. The van der Waals surface area contributed by atoms with Crippen molar-refractivity contribution in [3.8, 4) is 0 Å². The number of aliphatic carboxylic acids is 1. The molecule has 1 heterocycles. The molecule has 1 rings (SSSR count). The normalized spacial score (nSPS) is 10.6. The molecule has 0 aromatic carbocycles. The Morgan fingerprint density at radius 3 is 3.00 bits per heavy atom. The Morgan fingerprint density at radius 1 is 1.50 bits per heavy atom.